The van der Waals surface area contributed by atoms with Crippen molar-refractivity contribution < 1.29 is 4.74 Å². The molecule has 0 aliphatic carbocycles. The number of aryl methyl sites for hydroxylation is 1. The lowest BCUT2D eigenvalue weighted by atomic mass is 9.96. The minimum Gasteiger partial charge on any atom is -0.373 e. The maximum atomic E-state index is 5.89. The Hall–Kier alpha value is -2.41. The Balaban J connectivity index is 1.33. The van der Waals surface area contributed by atoms with Crippen molar-refractivity contribution in [3.05, 3.63) is 42.1 Å². The summed E-state index contributed by atoms with van der Waals surface area (Å²) in [6.45, 7) is 2.64. The van der Waals surface area contributed by atoms with E-state index in [9.17, 15) is 0 Å². The molecule has 2 aromatic rings. The van der Waals surface area contributed by atoms with Crippen molar-refractivity contribution in [3.63, 3.8) is 0 Å². The molecule has 4 rings (SSSR count). The summed E-state index contributed by atoms with van der Waals surface area (Å²) in [6, 6.07) is 4.45. The summed E-state index contributed by atoms with van der Waals surface area (Å²) >= 11 is 0. The van der Waals surface area contributed by atoms with Gasteiger partial charge in [-0.3, -0.25) is 9.56 Å². The number of nitrogens with one attached hydrogen (secondary N) is 2. The van der Waals surface area contributed by atoms with E-state index >= 15 is 0 Å². The van der Waals surface area contributed by atoms with Crippen LogP contribution in [0.15, 0.2) is 35.7 Å². The number of fused-ring (bicyclic) bond motifs is 2. The SMILES string of the molecule is CN=C(NCc1ccc(-n2ccnc2C)nc1)NC1CC2CCC1O2. The number of pyridine rings is 1. The third-order valence-electron chi connectivity index (χ3n) is 4.99. The van der Waals surface area contributed by atoms with E-state index < -0.39 is 0 Å². The lowest BCUT2D eigenvalue weighted by Gasteiger charge is -2.22. The van der Waals surface area contributed by atoms with Crippen molar-refractivity contribution in [2.75, 3.05) is 7.05 Å². The molecule has 2 N–H and O–H groups in total. The summed E-state index contributed by atoms with van der Waals surface area (Å²) in [7, 11) is 1.80. The van der Waals surface area contributed by atoms with Crippen molar-refractivity contribution in [2.24, 2.45) is 4.99 Å². The number of hydrogen-bond acceptors (Lipinski definition) is 4. The van der Waals surface area contributed by atoms with Crippen LogP contribution in [-0.4, -0.2) is 45.8 Å². The minimum atomic E-state index is 0.336. The molecule has 0 radical (unpaired) electrons. The van der Waals surface area contributed by atoms with Gasteiger partial charge in [-0.1, -0.05) is 6.07 Å². The summed E-state index contributed by atoms with van der Waals surface area (Å²) < 4.78 is 7.85. The standard InChI is InChI=1S/C18H24N6O/c1-12-20-7-8-24(12)17-6-3-13(10-21-17)11-22-18(19-2)23-15-9-14-4-5-16(15)25-14/h3,6-8,10,14-16H,4-5,9,11H2,1-2H3,(H2,19,22,23). The fourth-order valence-corrected chi connectivity index (χ4v) is 3.63. The first kappa shape index (κ1) is 16.1. The maximum absolute atomic E-state index is 5.89. The Morgan fingerprint density at radius 1 is 1.36 bits per heavy atom. The molecule has 0 saturated carbocycles. The van der Waals surface area contributed by atoms with Gasteiger partial charge >= 0.3 is 0 Å². The first-order chi connectivity index (χ1) is 12.2. The highest BCUT2D eigenvalue weighted by Crippen LogP contribution is 2.34. The zero-order valence-corrected chi connectivity index (χ0v) is 14.6. The number of guanidine groups is 1. The Morgan fingerprint density at radius 2 is 2.28 bits per heavy atom. The van der Waals surface area contributed by atoms with Crippen LogP contribution < -0.4 is 10.6 Å². The maximum Gasteiger partial charge on any atom is 0.191 e. The Kier molecular flexibility index (Phi) is 4.40. The molecule has 2 fully saturated rings. The van der Waals surface area contributed by atoms with Crippen molar-refractivity contribution in [1.82, 2.24) is 25.2 Å². The van der Waals surface area contributed by atoms with Crippen LogP contribution >= 0.6 is 0 Å². The topological polar surface area (TPSA) is 76.4 Å². The second kappa shape index (κ2) is 6.84. The van der Waals surface area contributed by atoms with Gasteiger partial charge in [0.05, 0.1) is 18.2 Å². The number of rotatable bonds is 4. The molecule has 2 aliphatic rings. The summed E-state index contributed by atoms with van der Waals surface area (Å²) in [6.07, 6.45) is 9.77. The van der Waals surface area contributed by atoms with Crippen molar-refractivity contribution in [3.8, 4) is 5.82 Å². The van der Waals surface area contributed by atoms with E-state index in [1.165, 1.54) is 6.42 Å². The largest absolute Gasteiger partial charge is 0.373 e. The van der Waals surface area contributed by atoms with E-state index in [1.807, 2.05) is 30.0 Å². The van der Waals surface area contributed by atoms with E-state index in [-0.39, 0.29) is 0 Å². The van der Waals surface area contributed by atoms with Crippen LogP contribution in [-0.2, 0) is 11.3 Å². The van der Waals surface area contributed by atoms with Gasteiger partial charge in [0, 0.05) is 32.2 Å². The second-order valence-corrected chi connectivity index (χ2v) is 6.66. The monoisotopic (exact) mass is 340 g/mol. The molecular formula is C18H24N6O. The van der Waals surface area contributed by atoms with Gasteiger partial charge in [-0.2, -0.15) is 0 Å². The van der Waals surface area contributed by atoms with Gasteiger partial charge in [-0.05, 0) is 37.8 Å². The number of nitrogens with zero attached hydrogens (tertiary/aromatic N) is 4. The van der Waals surface area contributed by atoms with E-state index in [2.05, 4.69) is 31.7 Å². The van der Waals surface area contributed by atoms with Gasteiger partial charge in [0.1, 0.15) is 11.6 Å². The number of aliphatic imine (C=N–C) groups is 1. The second-order valence-electron chi connectivity index (χ2n) is 6.66. The molecule has 7 nitrogen and oxygen atoms in total. The normalized spacial score (nSPS) is 25.4. The van der Waals surface area contributed by atoms with Crippen molar-refractivity contribution in [2.45, 2.75) is 51.0 Å². The van der Waals surface area contributed by atoms with Crippen molar-refractivity contribution in [1.29, 1.82) is 0 Å². The fraction of sp³-hybridized carbons (Fsp3) is 0.500. The van der Waals surface area contributed by atoms with E-state index in [4.69, 9.17) is 4.74 Å². The first-order valence-corrected chi connectivity index (χ1v) is 8.81. The number of ether oxygens (including phenoxy) is 1. The molecule has 3 unspecified atom stereocenters. The quantitative estimate of drug-likeness (QED) is 0.652. The van der Waals surface area contributed by atoms with E-state index in [1.54, 1.807) is 13.2 Å². The predicted octanol–water partition coefficient (Wildman–Crippen LogP) is 1.56. The third-order valence-corrected chi connectivity index (χ3v) is 4.99. The molecule has 7 heteroatoms. The fourth-order valence-electron chi connectivity index (χ4n) is 3.63. The first-order valence-electron chi connectivity index (χ1n) is 8.81. The highest BCUT2D eigenvalue weighted by molar-refractivity contribution is 5.80. The van der Waals surface area contributed by atoms with Crippen molar-refractivity contribution >= 4 is 5.96 Å². The number of imidazole rings is 1. The number of aromatic nitrogens is 3. The van der Waals surface area contributed by atoms with E-state index in [0.717, 1.165) is 36.0 Å². The predicted molar refractivity (Wildman–Crippen MR) is 95.7 cm³/mol. The zero-order valence-electron chi connectivity index (χ0n) is 14.6. The molecule has 0 amide bonds. The molecule has 132 valence electrons. The summed E-state index contributed by atoms with van der Waals surface area (Å²) in [5.74, 6) is 2.62. The highest BCUT2D eigenvalue weighted by atomic mass is 16.5. The Labute approximate surface area is 147 Å². The highest BCUT2D eigenvalue weighted by Gasteiger charge is 2.41. The van der Waals surface area contributed by atoms with Gasteiger partial charge < -0.3 is 15.4 Å². The average Bonchev–Trinajstić information content (AvgIpc) is 3.36. The zero-order chi connectivity index (χ0) is 17.2. The molecule has 4 heterocycles. The Bertz CT molecular complexity index is 753. The van der Waals surface area contributed by atoms with Crippen LogP contribution in [0.25, 0.3) is 5.82 Å². The summed E-state index contributed by atoms with van der Waals surface area (Å²) in [4.78, 5) is 13.1. The average molecular weight is 340 g/mol. The van der Waals surface area contributed by atoms with Gasteiger partial charge in [0.15, 0.2) is 5.96 Å². The molecule has 0 spiro atoms. The molecular weight excluding hydrogens is 316 g/mol. The van der Waals surface area contributed by atoms with Crippen LogP contribution in [0.2, 0.25) is 0 Å². The molecule has 3 atom stereocenters. The summed E-state index contributed by atoms with van der Waals surface area (Å²) in [5, 5.41) is 6.85. The van der Waals surface area contributed by atoms with Gasteiger partial charge in [0.25, 0.3) is 0 Å². The molecule has 2 aliphatic heterocycles. The Morgan fingerprint density at radius 3 is 2.88 bits per heavy atom. The van der Waals surface area contributed by atoms with Crippen LogP contribution in [0.3, 0.4) is 0 Å². The molecule has 2 aromatic heterocycles. The van der Waals surface area contributed by atoms with Crippen LogP contribution in [0.5, 0.6) is 0 Å². The lowest BCUT2D eigenvalue weighted by Crippen LogP contribution is -2.47. The molecule has 25 heavy (non-hydrogen) atoms. The van der Waals surface area contributed by atoms with E-state index in [0.29, 0.717) is 24.8 Å². The molecule has 2 bridgehead atoms. The third kappa shape index (κ3) is 3.37. The summed E-state index contributed by atoms with van der Waals surface area (Å²) in [5.41, 5.74) is 1.11. The number of hydrogen-bond donors (Lipinski definition) is 2. The molecule has 0 aromatic carbocycles. The van der Waals surface area contributed by atoms with Gasteiger partial charge in [0.2, 0.25) is 0 Å². The van der Waals surface area contributed by atoms with Crippen LogP contribution in [0.4, 0.5) is 0 Å². The van der Waals surface area contributed by atoms with Gasteiger partial charge in [-0.25, -0.2) is 9.97 Å². The van der Waals surface area contributed by atoms with Crippen LogP contribution in [0.1, 0.15) is 30.7 Å². The smallest absolute Gasteiger partial charge is 0.191 e. The minimum absolute atomic E-state index is 0.336. The molecule has 2 saturated heterocycles. The van der Waals surface area contributed by atoms with Crippen LogP contribution in [0, 0.1) is 6.92 Å². The van der Waals surface area contributed by atoms with Gasteiger partial charge in [-0.15, -0.1) is 0 Å². The lowest BCUT2D eigenvalue weighted by molar-refractivity contribution is 0.0992.